The molecule has 0 radical (unpaired) electrons. The maximum absolute atomic E-state index is 11.8. The van der Waals surface area contributed by atoms with Crippen LogP contribution < -0.4 is 10.0 Å². The van der Waals surface area contributed by atoms with Crippen molar-refractivity contribution in [1.82, 2.24) is 4.72 Å². The fourth-order valence-corrected chi connectivity index (χ4v) is 4.00. The van der Waals surface area contributed by atoms with E-state index >= 15 is 0 Å². The average molecular weight is 324 g/mol. The SMILES string of the molecule is CCNS(=O)(=O)c1ccc(NCc2sccc2CC)cc1. The van der Waals surface area contributed by atoms with Gasteiger partial charge in [0.2, 0.25) is 10.0 Å². The van der Waals surface area contributed by atoms with Gasteiger partial charge in [0.25, 0.3) is 0 Å². The van der Waals surface area contributed by atoms with Gasteiger partial charge in [0.05, 0.1) is 4.90 Å². The molecule has 0 aliphatic carbocycles. The Kier molecular flexibility index (Phi) is 5.39. The Morgan fingerprint density at radius 3 is 2.43 bits per heavy atom. The molecule has 0 saturated carbocycles. The Morgan fingerprint density at radius 2 is 1.81 bits per heavy atom. The molecule has 6 heteroatoms. The van der Waals surface area contributed by atoms with Crippen LogP contribution in [0.3, 0.4) is 0 Å². The van der Waals surface area contributed by atoms with Crippen molar-refractivity contribution < 1.29 is 8.42 Å². The van der Waals surface area contributed by atoms with Gasteiger partial charge < -0.3 is 5.32 Å². The van der Waals surface area contributed by atoms with Gasteiger partial charge in [-0.1, -0.05) is 13.8 Å². The van der Waals surface area contributed by atoms with Crippen LogP contribution >= 0.6 is 11.3 Å². The highest BCUT2D eigenvalue weighted by Gasteiger charge is 2.11. The first-order chi connectivity index (χ1) is 10.1. The van der Waals surface area contributed by atoms with Crippen molar-refractivity contribution in [2.75, 3.05) is 11.9 Å². The third-order valence-corrected chi connectivity index (χ3v) is 5.70. The molecular weight excluding hydrogens is 304 g/mol. The van der Waals surface area contributed by atoms with E-state index in [2.05, 4.69) is 28.4 Å². The molecule has 4 nitrogen and oxygen atoms in total. The van der Waals surface area contributed by atoms with E-state index in [-0.39, 0.29) is 0 Å². The summed E-state index contributed by atoms with van der Waals surface area (Å²) < 4.78 is 26.2. The quantitative estimate of drug-likeness (QED) is 0.822. The van der Waals surface area contributed by atoms with Gasteiger partial charge in [-0.15, -0.1) is 11.3 Å². The summed E-state index contributed by atoms with van der Waals surface area (Å²) in [5, 5.41) is 5.43. The lowest BCUT2D eigenvalue weighted by atomic mass is 10.2. The number of nitrogens with one attached hydrogen (secondary N) is 2. The van der Waals surface area contributed by atoms with Crippen molar-refractivity contribution in [1.29, 1.82) is 0 Å². The van der Waals surface area contributed by atoms with Gasteiger partial charge >= 0.3 is 0 Å². The molecule has 0 unspecified atom stereocenters. The Labute approximate surface area is 130 Å². The van der Waals surface area contributed by atoms with E-state index in [0.29, 0.717) is 11.4 Å². The second kappa shape index (κ2) is 7.06. The molecular formula is C15H20N2O2S2. The summed E-state index contributed by atoms with van der Waals surface area (Å²) in [6.45, 7) is 5.06. The third-order valence-electron chi connectivity index (χ3n) is 3.17. The normalized spacial score (nSPS) is 11.5. The summed E-state index contributed by atoms with van der Waals surface area (Å²) in [7, 11) is -3.37. The molecule has 21 heavy (non-hydrogen) atoms. The van der Waals surface area contributed by atoms with Crippen LogP contribution in [0, 0.1) is 0 Å². The molecule has 0 spiro atoms. The summed E-state index contributed by atoms with van der Waals surface area (Å²) in [6.07, 6.45) is 1.03. The largest absolute Gasteiger partial charge is 0.380 e. The standard InChI is InChI=1S/C15H20N2O2S2/c1-3-12-9-10-20-15(12)11-16-13-5-7-14(8-6-13)21(18,19)17-4-2/h5-10,16-17H,3-4,11H2,1-2H3. The van der Waals surface area contributed by atoms with E-state index in [4.69, 9.17) is 0 Å². The summed E-state index contributed by atoms with van der Waals surface area (Å²) in [5.74, 6) is 0. The van der Waals surface area contributed by atoms with Crippen LogP contribution in [0.2, 0.25) is 0 Å². The molecule has 0 atom stereocenters. The van der Waals surface area contributed by atoms with E-state index in [9.17, 15) is 8.42 Å². The molecule has 0 fully saturated rings. The van der Waals surface area contributed by atoms with Crippen molar-refractivity contribution in [3.05, 3.63) is 46.2 Å². The molecule has 1 aromatic carbocycles. The van der Waals surface area contributed by atoms with Crippen LogP contribution in [-0.4, -0.2) is 15.0 Å². The number of anilines is 1. The van der Waals surface area contributed by atoms with Crippen molar-refractivity contribution in [2.45, 2.75) is 31.7 Å². The van der Waals surface area contributed by atoms with Gasteiger partial charge in [0, 0.05) is 23.7 Å². The van der Waals surface area contributed by atoms with Crippen LogP contribution in [0.5, 0.6) is 0 Å². The van der Waals surface area contributed by atoms with Crippen LogP contribution in [0.15, 0.2) is 40.6 Å². The predicted molar refractivity (Wildman–Crippen MR) is 88.3 cm³/mol. The highest BCUT2D eigenvalue weighted by atomic mass is 32.2. The van der Waals surface area contributed by atoms with Crippen LogP contribution in [0.4, 0.5) is 5.69 Å². The maximum atomic E-state index is 11.8. The minimum Gasteiger partial charge on any atom is -0.380 e. The lowest BCUT2D eigenvalue weighted by Gasteiger charge is -2.08. The maximum Gasteiger partial charge on any atom is 0.240 e. The lowest BCUT2D eigenvalue weighted by molar-refractivity contribution is 0.584. The van der Waals surface area contributed by atoms with Gasteiger partial charge in [0.15, 0.2) is 0 Å². The molecule has 2 aromatic rings. The van der Waals surface area contributed by atoms with Gasteiger partial charge in [0.1, 0.15) is 0 Å². The van der Waals surface area contributed by atoms with Crippen molar-refractivity contribution >= 4 is 27.0 Å². The van der Waals surface area contributed by atoms with Gasteiger partial charge in [-0.3, -0.25) is 0 Å². The molecule has 0 aliphatic rings. The highest BCUT2D eigenvalue weighted by molar-refractivity contribution is 7.89. The Balaban J connectivity index is 2.03. The second-order valence-corrected chi connectivity index (χ2v) is 7.37. The van der Waals surface area contributed by atoms with Crippen LogP contribution in [0.25, 0.3) is 0 Å². The smallest absolute Gasteiger partial charge is 0.240 e. The zero-order valence-electron chi connectivity index (χ0n) is 12.2. The van der Waals surface area contributed by atoms with Crippen LogP contribution in [0.1, 0.15) is 24.3 Å². The third kappa shape index (κ3) is 4.06. The molecule has 0 aliphatic heterocycles. The van der Waals surface area contributed by atoms with Gasteiger partial charge in [-0.05, 0) is 47.7 Å². The second-order valence-electron chi connectivity index (χ2n) is 4.60. The number of aryl methyl sites for hydroxylation is 1. The zero-order chi connectivity index (χ0) is 15.3. The van der Waals surface area contributed by atoms with Crippen molar-refractivity contribution in [3.8, 4) is 0 Å². The fourth-order valence-electron chi connectivity index (χ4n) is 2.04. The lowest BCUT2D eigenvalue weighted by Crippen LogP contribution is -2.23. The van der Waals surface area contributed by atoms with E-state index in [1.807, 2.05) is 0 Å². The summed E-state index contributed by atoms with van der Waals surface area (Å²) in [6, 6.07) is 8.98. The van der Waals surface area contributed by atoms with Gasteiger partial charge in [-0.25, -0.2) is 13.1 Å². The van der Waals surface area contributed by atoms with E-state index in [1.165, 1.54) is 10.4 Å². The number of benzene rings is 1. The molecule has 114 valence electrons. The highest BCUT2D eigenvalue weighted by Crippen LogP contribution is 2.20. The Morgan fingerprint density at radius 1 is 1.10 bits per heavy atom. The molecule has 1 aromatic heterocycles. The average Bonchev–Trinajstić information content (AvgIpc) is 2.93. The first kappa shape index (κ1) is 16.0. The molecule has 2 rings (SSSR count). The topological polar surface area (TPSA) is 58.2 Å². The van der Waals surface area contributed by atoms with E-state index < -0.39 is 10.0 Å². The molecule has 0 saturated heterocycles. The first-order valence-corrected chi connectivity index (χ1v) is 9.32. The van der Waals surface area contributed by atoms with Crippen molar-refractivity contribution in [3.63, 3.8) is 0 Å². The summed E-state index contributed by atoms with van der Waals surface area (Å²) >= 11 is 1.74. The fraction of sp³-hybridized carbons (Fsp3) is 0.333. The molecule has 1 heterocycles. The molecule has 0 amide bonds. The number of sulfonamides is 1. The van der Waals surface area contributed by atoms with Gasteiger partial charge in [-0.2, -0.15) is 0 Å². The zero-order valence-corrected chi connectivity index (χ0v) is 13.9. The van der Waals surface area contributed by atoms with Crippen LogP contribution in [-0.2, 0) is 23.0 Å². The summed E-state index contributed by atoms with van der Waals surface area (Å²) in [5.41, 5.74) is 2.28. The van der Waals surface area contributed by atoms with Crippen molar-refractivity contribution in [2.24, 2.45) is 0 Å². The number of thiophene rings is 1. The number of hydrogen-bond acceptors (Lipinski definition) is 4. The Bertz CT molecular complexity index is 676. The molecule has 2 N–H and O–H groups in total. The minimum atomic E-state index is -3.37. The molecule has 0 bridgehead atoms. The first-order valence-electron chi connectivity index (χ1n) is 6.95. The van der Waals surface area contributed by atoms with E-state index in [0.717, 1.165) is 18.7 Å². The minimum absolute atomic E-state index is 0.292. The summed E-state index contributed by atoms with van der Waals surface area (Å²) in [4.78, 5) is 1.61. The Hall–Kier alpha value is -1.37. The monoisotopic (exact) mass is 324 g/mol. The predicted octanol–water partition coefficient (Wildman–Crippen LogP) is 3.22. The van der Waals surface area contributed by atoms with E-state index in [1.54, 1.807) is 42.5 Å². The number of hydrogen-bond donors (Lipinski definition) is 2. The number of rotatable bonds is 7.